The van der Waals surface area contributed by atoms with Gasteiger partial charge in [-0.3, -0.25) is 29.0 Å². The first-order chi connectivity index (χ1) is 42.8. The normalized spacial score (nSPS) is 15.1. The summed E-state index contributed by atoms with van der Waals surface area (Å²) in [5.74, 6) is -0.300. The molecule has 0 atom stereocenters. The van der Waals surface area contributed by atoms with E-state index in [1.54, 1.807) is 74.0 Å². The van der Waals surface area contributed by atoms with Crippen molar-refractivity contribution in [3.63, 3.8) is 0 Å². The van der Waals surface area contributed by atoms with Crippen molar-refractivity contribution in [1.82, 2.24) is 90.1 Å². The second-order valence-corrected chi connectivity index (χ2v) is 20.9. The molecule has 0 unspecified atom stereocenters. The maximum atomic E-state index is 10.6. The van der Waals surface area contributed by atoms with E-state index in [2.05, 4.69) is 109 Å². The Morgan fingerprint density at radius 1 is 0.466 bits per heavy atom. The molecule has 26 nitrogen and oxygen atoms in total. The number of nitrogen functional groups attached to an aromatic ring is 3. The third-order valence-corrected chi connectivity index (χ3v) is 15.1. The van der Waals surface area contributed by atoms with Crippen LogP contribution in [-0.4, -0.2) is 131 Å². The number of oxazole rings is 3. The largest absolute Gasteiger partial charge is 0.490 e. The van der Waals surface area contributed by atoms with Gasteiger partial charge >= 0.3 is 12.1 Å². The van der Waals surface area contributed by atoms with E-state index in [4.69, 9.17) is 40.4 Å². The summed E-state index contributed by atoms with van der Waals surface area (Å²) in [5.41, 5.74) is 30.1. The van der Waals surface area contributed by atoms with Crippen molar-refractivity contribution in [2.75, 3.05) is 56.5 Å². The van der Waals surface area contributed by atoms with Gasteiger partial charge in [-0.25, -0.2) is 34.7 Å². The number of nitrogens with two attached hydrogens (primary N) is 3. The molecule has 0 amide bonds. The van der Waals surface area contributed by atoms with E-state index >= 15 is 0 Å². The first kappa shape index (κ1) is 57.9. The Hall–Kier alpha value is -10.5. The van der Waals surface area contributed by atoms with Gasteiger partial charge in [-0.15, -0.1) is 0 Å². The Morgan fingerprint density at radius 3 is 1.01 bits per heavy atom. The van der Waals surface area contributed by atoms with Gasteiger partial charge < -0.3 is 51.5 Å². The molecule has 88 heavy (non-hydrogen) atoms. The smallest absolute Gasteiger partial charge is 0.475 e. The molecule has 15 rings (SSSR count). The van der Waals surface area contributed by atoms with Gasteiger partial charge in [0, 0.05) is 107 Å². The van der Waals surface area contributed by atoms with Crippen molar-refractivity contribution in [2.45, 2.75) is 62.8 Å². The van der Waals surface area contributed by atoms with E-state index in [9.17, 15) is 13.2 Å². The predicted molar refractivity (Wildman–Crippen MR) is 319 cm³/mol. The van der Waals surface area contributed by atoms with Crippen LogP contribution in [0, 0.1) is 0 Å². The summed E-state index contributed by atoms with van der Waals surface area (Å²) in [6.07, 6.45) is 28.5. The van der Waals surface area contributed by atoms with Gasteiger partial charge in [0.1, 0.15) is 34.0 Å². The van der Waals surface area contributed by atoms with Crippen LogP contribution in [0.15, 0.2) is 143 Å². The number of aliphatic carboxylic acids is 1. The average molecular weight is 1200 g/mol. The highest BCUT2D eigenvalue weighted by Crippen LogP contribution is 2.35. The number of fused-ring (bicyclic) bond motifs is 3. The molecule has 3 aliphatic rings. The summed E-state index contributed by atoms with van der Waals surface area (Å²) in [4.78, 5) is 47.6. The standard InChI is InChI=1S/3C19H19N7O.C2HF3O2/c3*20-18-15(19-25-16-10-22-6-3-17(16)27-19)7-12(8-23-18)13-9-24-26(11-13)14-1-4-21-5-2-14;3-2(4,5)1(6)7/h3*3,6-11,14,21H,1-2,4-5H2,(H2,20,23);(H,6,7). The number of rotatable bonds is 9. The number of alkyl halides is 3. The van der Waals surface area contributed by atoms with Crippen molar-refractivity contribution in [1.29, 1.82) is 0 Å². The predicted octanol–water partition coefficient (Wildman–Crippen LogP) is 8.60. The van der Waals surface area contributed by atoms with Gasteiger partial charge in [-0.2, -0.15) is 28.5 Å². The van der Waals surface area contributed by atoms with Gasteiger partial charge in [0.25, 0.3) is 0 Å². The van der Waals surface area contributed by atoms with Gasteiger partial charge in [0.15, 0.2) is 16.7 Å². The number of pyridine rings is 6. The Bertz CT molecular complexity index is 3850. The zero-order valence-electron chi connectivity index (χ0n) is 47.0. The molecule has 0 saturated carbocycles. The number of aromatic nitrogens is 15. The van der Waals surface area contributed by atoms with Crippen LogP contribution >= 0.6 is 0 Å². The molecule has 12 aromatic heterocycles. The van der Waals surface area contributed by atoms with Crippen LogP contribution in [0.1, 0.15) is 56.7 Å². The summed E-state index contributed by atoms with van der Waals surface area (Å²) in [6, 6.07) is 12.5. The maximum absolute atomic E-state index is 10.6. The lowest BCUT2D eigenvalue weighted by molar-refractivity contribution is -0.192. The van der Waals surface area contributed by atoms with E-state index < -0.39 is 12.1 Å². The number of hydrogen-bond acceptors (Lipinski definition) is 22. The quantitative estimate of drug-likeness (QED) is 0.0711. The van der Waals surface area contributed by atoms with Crippen molar-refractivity contribution >= 4 is 56.7 Å². The number of nitrogens with one attached hydrogen (secondary N) is 3. The number of carboxylic acid groups (broad SMARTS) is 1. The van der Waals surface area contributed by atoms with Crippen molar-refractivity contribution in [3.8, 4) is 67.7 Å². The fourth-order valence-corrected chi connectivity index (χ4v) is 10.4. The van der Waals surface area contributed by atoms with E-state index in [0.29, 0.717) is 103 Å². The van der Waals surface area contributed by atoms with E-state index in [1.807, 2.05) is 36.8 Å². The van der Waals surface area contributed by atoms with E-state index in [-0.39, 0.29) is 0 Å². The number of carbonyl (C=O) groups is 1. The van der Waals surface area contributed by atoms with Gasteiger partial charge in [0.2, 0.25) is 17.7 Å². The zero-order valence-corrected chi connectivity index (χ0v) is 47.0. The number of piperidine rings is 3. The molecule has 450 valence electrons. The Morgan fingerprint density at radius 2 is 0.750 bits per heavy atom. The molecule has 0 aromatic carbocycles. The molecule has 0 radical (unpaired) electrons. The maximum Gasteiger partial charge on any atom is 0.490 e. The molecule has 3 saturated heterocycles. The molecular weight excluding hydrogens is 1140 g/mol. The highest BCUT2D eigenvalue weighted by Gasteiger charge is 2.38. The highest BCUT2D eigenvalue weighted by molar-refractivity contribution is 5.83. The van der Waals surface area contributed by atoms with Crippen LogP contribution in [0.25, 0.3) is 101 Å². The minimum Gasteiger partial charge on any atom is -0.475 e. The second-order valence-electron chi connectivity index (χ2n) is 20.9. The van der Waals surface area contributed by atoms with Gasteiger partial charge in [0.05, 0.1) is 72.0 Å². The minimum atomic E-state index is -5.08. The fraction of sp³-hybridized carbons (Fsp3) is 0.271. The summed E-state index contributed by atoms with van der Waals surface area (Å²) in [6.45, 7) is 6.17. The van der Waals surface area contributed by atoms with Gasteiger partial charge in [-0.05, 0) is 96.0 Å². The summed E-state index contributed by atoms with van der Waals surface area (Å²) >= 11 is 0. The van der Waals surface area contributed by atoms with Crippen LogP contribution in [0.5, 0.6) is 0 Å². The molecule has 0 aliphatic carbocycles. The number of halogens is 3. The monoisotopic (exact) mass is 1200 g/mol. The van der Waals surface area contributed by atoms with Crippen LogP contribution in [0.4, 0.5) is 30.6 Å². The lowest BCUT2D eigenvalue weighted by atomic mass is 10.1. The van der Waals surface area contributed by atoms with Crippen LogP contribution in [-0.2, 0) is 4.79 Å². The first-order valence-corrected chi connectivity index (χ1v) is 28.2. The van der Waals surface area contributed by atoms with Crippen molar-refractivity contribution in [3.05, 3.63) is 129 Å². The molecule has 15 heterocycles. The van der Waals surface area contributed by atoms with E-state index in [0.717, 1.165) is 111 Å². The summed E-state index contributed by atoms with van der Waals surface area (Å²) < 4.78 is 55.4. The number of carboxylic acids is 1. The number of hydrogen-bond donors (Lipinski definition) is 7. The summed E-state index contributed by atoms with van der Waals surface area (Å²) in [7, 11) is 0. The van der Waals surface area contributed by atoms with Crippen LogP contribution < -0.4 is 33.2 Å². The molecule has 0 spiro atoms. The summed E-state index contributed by atoms with van der Waals surface area (Å²) in [5, 5.41) is 30.9. The molecule has 3 fully saturated rings. The molecule has 0 bridgehead atoms. The molecule has 29 heteroatoms. The Kier molecular flexibility index (Phi) is 16.8. The highest BCUT2D eigenvalue weighted by atomic mass is 19.4. The Labute approximate surface area is 497 Å². The third-order valence-electron chi connectivity index (χ3n) is 15.1. The third kappa shape index (κ3) is 13.1. The lowest BCUT2D eigenvalue weighted by Gasteiger charge is -2.22. The topological polar surface area (TPSA) is 360 Å². The SMILES string of the molecule is Nc1ncc(-c2cnn(C3CCNCC3)c2)cc1-c1nc2cnccc2o1.Nc1ncc(-c2cnn(C3CCNCC3)c2)cc1-c1nc2cnccc2o1.Nc1ncc(-c2cnn(C3CCNCC3)c2)cc1-c1nc2cnccc2o1.O=C(O)C(F)(F)F. The van der Waals surface area contributed by atoms with Gasteiger partial charge in [-0.1, -0.05) is 0 Å². The second kappa shape index (κ2) is 25.6. The van der Waals surface area contributed by atoms with Crippen molar-refractivity contribution < 1.29 is 36.3 Å². The van der Waals surface area contributed by atoms with Crippen LogP contribution in [0.2, 0.25) is 0 Å². The van der Waals surface area contributed by atoms with Crippen molar-refractivity contribution in [2.24, 2.45) is 0 Å². The van der Waals surface area contributed by atoms with Crippen LogP contribution in [0.3, 0.4) is 0 Å². The molecule has 12 aromatic rings. The molecule has 10 N–H and O–H groups in total. The molecule has 3 aliphatic heterocycles. The molecular formula is C59H58F3N21O5. The van der Waals surface area contributed by atoms with E-state index in [1.165, 1.54) is 0 Å². The minimum absolute atomic E-state index is 0.379. The average Bonchev–Trinajstić information content (AvgIpc) is 4.62. The Balaban J connectivity index is 0.000000122. The fourth-order valence-electron chi connectivity index (χ4n) is 10.4. The number of anilines is 3. The number of nitrogens with zero attached hydrogens (tertiary/aromatic N) is 15. The zero-order chi connectivity index (χ0) is 60.7. The first-order valence-electron chi connectivity index (χ1n) is 28.2. The lowest BCUT2D eigenvalue weighted by Crippen LogP contribution is -2.29.